The van der Waals surface area contributed by atoms with Gasteiger partial charge in [0.1, 0.15) is 53.2 Å². The molecule has 3 aliphatic rings. The summed E-state index contributed by atoms with van der Waals surface area (Å²) in [6, 6.07) is -1.43. The van der Waals surface area contributed by atoms with E-state index in [1.165, 1.54) is 18.2 Å². The summed E-state index contributed by atoms with van der Waals surface area (Å²) < 4.78 is 156. The lowest BCUT2D eigenvalue weighted by Gasteiger charge is -2.00. The average molecular weight is 741 g/mol. The van der Waals surface area contributed by atoms with Gasteiger partial charge in [-0.3, -0.25) is 0 Å². The number of rotatable bonds is 3. The predicted octanol–water partition coefficient (Wildman–Crippen LogP) is 3.83. The van der Waals surface area contributed by atoms with Crippen LogP contribution in [0.2, 0.25) is 0 Å². The topological polar surface area (TPSA) is 163 Å². The van der Waals surface area contributed by atoms with Gasteiger partial charge in [-0.05, 0) is 0 Å². The Morgan fingerprint density at radius 2 is 0.852 bits per heavy atom. The molecule has 0 unspecified atom stereocenters. The van der Waals surface area contributed by atoms with E-state index >= 15 is 26.3 Å². The van der Waals surface area contributed by atoms with Gasteiger partial charge in [-0.2, -0.15) is 29.0 Å². The number of allylic oxidation sites excluding steroid dienone is 5. The van der Waals surface area contributed by atoms with Crippen LogP contribution in [0.4, 0.5) is 51.1 Å². The normalized spacial score (nSPS) is 16.9. The zero-order chi connectivity index (χ0) is 39.1. The molecular weight excluding hydrogens is 741 g/mol. The van der Waals surface area contributed by atoms with Gasteiger partial charge >= 0.3 is 41.5 Å². The van der Waals surface area contributed by atoms with Gasteiger partial charge < -0.3 is 22.9 Å². The SMILES string of the molecule is [C-]#[N+]C(=C1C(F)=c2c(c3c(c4c2=C(F)/C(=C(/C#N)c2nc([N+]#[C-])c(F)o2)C=4F)=C(F)/C(=C(/C#N)c2nc([N+]#[C-])c(F)o2)C=3F)=C1F)c1nc(C#N)c(F)o1. The number of benzene rings is 1. The molecule has 0 atom stereocenters. The van der Waals surface area contributed by atoms with E-state index in [1.807, 2.05) is 0 Å². The van der Waals surface area contributed by atoms with Crippen molar-refractivity contribution in [3.8, 4) is 18.2 Å². The number of nitrogens with zero attached hydrogens (tertiary/aromatic N) is 9. The number of halogens is 9. The number of nitriles is 3. The monoisotopic (exact) mass is 741 g/mol. The maximum atomic E-state index is 16.6. The summed E-state index contributed by atoms with van der Waals surface area (Å²) in [4.78, 5) is 18.1. The van der Waals surface area contributed by atoms with Gasteiger partial charge in [-0.25, -0.2) is 36.2 Å². The van der Waals surface area contributed by atoms with Crippen LogP contribution in [0.1, 0.15) is 23.4 Å². The minimum Gasteiger partial charge on any atom is -0.421 e. The summed E-state index contributed by atoms with van der Waals surface area (Å²) in [5.41, 5.74) is -9.86. The second-order valence-electron chi connectivity index (χ2n) is 10.4. The zero-order valence-electron chi connectivity index (χ0n) is 25.2. The van der Waals surface area contributed by atoms with Crippen LogP contribution in [-0.4, -0.2) is 15.0 Å². The summed E-state index contributed by atoms with van der Waals surface area (Å²) in [5, 5.41) is 20.0. The van der Waals surface area contributed by atoms with Gasteiger partial charge in [0.15, 0.2) is 11.1 Å². The molecule has 0 spiro atoms. The Kier molecular flexibility index (Phi) is 7.47. The van der Waals surface area contributed by atoms with Crippen LogP contribution in [-0.2, 0) is 0 Å². The van der Waals surface area contributed by atoms with Crippen molar-refractivity contribution in [3.05, 3.63) is 124 Å². The molecule has 258 valence electrons. The highest BCUT2D eigenvalue weighted by Gasteiger charge is 2.40. The molecule has 4 aromatic rings. The van der Waals surface area contributed by atoms with E-state index < -0.39 is 153 Å². The minimum atomic E-state index is -2.04. The molecule has 0 aliphatic heterocycles. The van der Waals surface area contributed by atoms with E-state index in [0.717, 1.165) is 0 Å². The molecule has 0 saturated heterocycles. The number of hydrogen-bond donors (Lipinski definition) is 0. The number of oxazole rings is 3. The molecule has 0 radical (unpaired) electrons. The van der Waals surface area contributed by atoms with Crippen molar-refractivity contribution < 1.29 is 52.8 Å². The lowest BCUT2D eigenvalue weighted by atomic mass is 10.1. The molecule has 0 N–H and O–H groups in total. The van der Waals surface area contributed by atoms with E-state index in [4.69, 9.17) is 25.0 Å². The second kappa shape index (κ2) is 11.8. The van der Waals surface area contributed by atoms with Crippen molar-refractivity contribution in [2.24, 2.45) is 0 Å². The molecule has 1 aromatic carbocycles. The summed E-state index contributed by atoms with van der Waals surface area (Å²) in [5.74, 6) is -18.1. The summed E-state index contributed by atoms with van der Waals surface area (Å²) in [7, 11) is 0. The fourth-order valence-corrected chi connectivity index (χ4v) is 5.80. The van der Waals surface area contributed by atoms with E-state index in [-0.39, 0.29) is 0 Å². The lowest BCUT2D eigenvalue weighted by Crippen LogP contribution is -2.64. The van der Waals surface area contributed by atoms with Gasteiger partial charge in [0, 0.05) is 31.3 Å². The van der Waals surface area contributed by atoms with Crippen LogP contribution in [0.3, 0.4) is 0 Å². The summed E-state index contributed by atoms with van der Waals surface area (Å²) >= 11 is 0. The third-order valence-electron chi connectivity index (χ3n) is 7.88. The lowest BCUT2D eigenvalue weighted by molar-refractivity contribution is 0.350. The first-order valence-electron chi connectivity index (χ1n) is 13.8. The molecule has 0 fully saturated rings. The Morgan fingerprint density at radius 1 is 0.500 bits per heavy atom. The van der Waals surface area contributed by atoms with Crippen LogP contribution in [0.5, 0.6) is 0 Å². The van der Waals surface area contributed by atoms with Crippen molar-refractivity contribution in [1.29, 1.82) is 15.8 Å². The van der Waals surface area contributed by atoms with Crippen LogP contribution in [0.25, 0.3) is 66.3 Å². The quantitative estimate of drug-likeness (QED) is 0.173. The Hall–Kier alpha value is -8.40. The van der Waals surface area contributed by atoms with Crippen molar-refractivity contribution >= 4 is 63.4 Å². The third kappa shape index (κ3) is 4.30. The molecule has 7 rings (SSSR count). The number of hydrogen-bond acceptors (Lipinski definition) is 9. The average Bonchev–Trinajstić information content (AvgIpc) is 3.98. The van der Waals surface area contributed by atoms with Crippen LogP contribution in [0, 0.1) is 71.8 Å². The minimum absolute atomic E-state index is 1.09. The number of fused-ring (bicyclic) bond motifs is 6. The van der Waals surface area contributed by atoms with Gasteiger partial charge in [0.2, 0.25) is 11.6 Å². The standard InChI is InChI=1S/C33F9N9O3/c1-46-25(33-49-9(6-45)26(40)52-33)18-23(38)16-14-12(19(34)10(21(14)36)7(4-43)31-50-29(47-2)27(41)53-31)13-15(17(16)24(18)39)22(37)11(20(13)35)8(5-44)32-51-30(48-3)28(42)54-32/b10-7-,11-8+,25-18?. The summed E-state index contributed by atoms with van der Waals surface area (Å²) in [6.45, 7) is 21.4. The highest BCUT2D eigenvalue weighted by molar-refractivity contribution is 6.03. The predicted molar refractivity (Wildman–Crippen MR) is 156 cm³/mol. The molecule has 21 heteroatoms. The van der Waals surface area contributed by atoms with Gasteiger partial charge in [-0.15, -0.1) is 0 Å². The number of aromatic nitrogens is 3. The highest BCUT2D eigenvalue weighted by atomic mass is 19.2. The van der Waals surface area contributed by atoms with E-state index in [9.17, 15) is 23.7 Å². The van der Waals surface area contributed by atoms with Gasteiger partial charge in [0.05, 0.1) is 23.3 Å². The fourth-order valence-electron chi connectivity index (χ4n) is 5.80. The van der Waals surface area contributed by atoms with Crippen LogP contribution >= 0.6 is 0 Å². The smallest absolute Gasteiger partial charge is 0.346 e. The van der Waals surface area contributed by atoms with E-state index in [1.54, 1.807) is 0 Å². The molecule has 0 bridgehead atoms. The van der Waals surface area contributed by atoms with Crippen LogP contribution < -0.4 is 31.3 Å². The van der Waals surface area contributed by atoms with Gasteiger partial charge in [0.25, 0.3) is 5.70 Å². The van der Waals surface area contributed by atoms with Gasteiger partial charge in [-0.1, -0.05) is 23.1 Å². The van der Waals surface area contributed by atoms with Crippen LogP contribution in [0.15, 0.2) is 30.0 Å². The van der Waals surface area contributed by atoms with E-state index in [2.05, 4.69) is 42.7 Å². The summed E-state index contributed by atoms with van der Waals surface area (Å²) in [6.07, 6.45) is 0. The fraction of sp³-hybridized carbons (Fsp3) is 0. The molecule has 3 aliphatic carbocycles. The first-order chi connectivity index (χ1) is 25.8. The first kappa shape index (κ1) is 34.1. The molecule has 12 nitrogen and oxygen atoms in total. The second-order valence-corrected chi connectivity index (χ2v) is 10.4. The van der Waals surface area contributed by atoms with Crippen molar-refractivity contribution in [2.75, 3.05) is 0 Å². The Balaban J connectivity index is 1.79. The third-order valence-corrected chi connectivity index (χ3v) is 7.88. The Morgan fingerprint density at radius 3 is 1.13 bits per heavy atom. The van der Waals surface area contributed by atoms with E-state index in [0.29, 0.717) is 0 Å². The highest BCUT2D eigenvalue weighted by Crippen LogP contribution is 2.38. The maximum absolute atomic E-state index is 16.6. The Labute approximate surface area is 288 Å². The molecule has 54 heavy (non-hydrogen) atoms. The molecule has 0 amide bonds. The molecule has 0 saturated carbocycles. The zero-order valence-corrected chi connectivity index (χ0v) is 25.2. The van der Waals surface area contributed by atoms with Crippen molar-refractivity contribution in [1.82, 2.24) is 15.0 Å². The largest absolute Gasteiger partial charge is 0.421 e. The Bertz CT molecular complexity index is 2850. The van der Waals surface area contributed by atoms with Crippen molar-refractivity contribution in [2.45, 2.75) is 0 Å². The molecule has 3 heterocycles. The first-order valence-corrected chi connectivity index (χ1v) is 13.8. The molecule has 3 aromatic heterocycles. The molecular formula is C33F9N9O3. The van der Waals surface area contributed by atoms with Crippen molar-refractivity contribution in [3.63, 3.8) is 0 Å². The maximum Gasteiger partial charge on any atom is 0.346 e.